The fourth-order valence-corrected chi connectivity index (χ4v) is 2.52. The van der Waals surface area contributed by atoms with E-state index in [1.54, 1.807) is 30.3 Å². The van der Waals surface area contributed by atoms with Gasteiger partial charge in [0.2, 0.25) is 0 Å². The Bertz CT molecular complexity index is 660. The van der Waals surface area contributed by atoms with Gasteiger partial charge in [0, 0.05) is 26.3 Å². The van der Waals surface area contributed by atoms with Gasteiger partial charge in [-0.1, -0.05) is 12.1 Å². The van der Waals surface area contributed by atoms with Gasteiger partial charge in [-0.2, -0.15) is 5.26 Å². The number of rotatable bonds is 7. The number of anilines is 1. The first-order valence-corrected chi connectivity index (χ1v) is 7.96. The van der Waals surface area contributed by atoms with Crippen LogP contribution in [0.15, 0.2) is 29.2 Å². The number of allylic oxidation sites excluding steroid dienone is 1. The molecule has 22 heavy (non-hydrogen) atoms. The van der Waals surface area contributed by atoms with Crippen molar-refractivity contribution in [2.24, 2.45) is 0 Å². The lowest BCUT2D eigenvalue weighted by atomic mass is 10.2. The number of hydrogen-bond acceptors (Lipinski definition) is 6. The molecular formula is C14H19N3O4S. The van der Waals surface area contributed by atoms with Crippen LogP contribution < -0.4 is 9.62 Å². The van der Waals surface area contributed by atoms with Gasteiger partial charge in [-0.05, 0) is 23.8 Å². The Hall–Kier alpha value is -1.92. The van der Waals surface area contributed by atoms with E-state index < -0.39 is 27.6 Å². The Balaban J connectivity index is 2.97. The summed E-state index contributed by atoms with van der Waals surface area (Å²) in [5.41, 5.74) is 1.51. The van der Waals surface area contributed by atoms with E-state index >= 15 is 0 Å². The second-order valence-corrected chi connectivity index (χ2v) is 6.53. The first-order valence-electron chi connectivity index (χ1n) is 6.48. The zero-order chi connectivity index (χ0) is 16.8. The first kappa shape index (κ1) is 18.1. The Morgan fingerprint density at radius 2 is 2.00 bits per heavy atom. The van der Waals surface area contributed by atoms with E-state index in [2.05, 4.69) is 4.72 Å². The molecule has 0 bridgehead atoms. The third kappa shape index (κ3) is 5.13. The minimum Gasteiger partial charge on any atom is -0.394 e. The highest BCUT2D eigenvalue weighted by Gasteiger charge is 2.18. The third-order valence-electron chi connectivity index (χ3n) is 2.83. The lowest BCUT2D eigenvalue weighted by Crippen LogP contribution is -2.34. The summed E-state index contributed by atoms with van der Waals surface area (Å²) in [4.78, 5) is 1.43. The van der Waals surface area contributed by atoms with Crippen LogP contribution in [0.2, 0.25) is 0 Å². The monoisotopic (exact) mass is 325 g/mol. The van der Waals surface area contributed by atoms with Gasteiger partial charge in [-0.15, -0.1) is 0 Å². The Morgan fingerprint density at radius 3 is 2.45 bits per heavy atom. The van der Waals surface area contributed by atoms with Crippen LogP contribution in [0.5, 0.6) is 0 Å². The summed E-state index contributed by atoms with van der Waals surface area (Å²) in [6, 6.07) is 8.63. The van der Waals surface area contributed by atoms with Crippen molar-refractivity contribution < 1.29 is 18.6 Å². The van der Waals surface area contributed by atoms with E-state index in [4.69, 9.17) is 15.5 Å². The van der Waals surface area contributed by atoms with E-state index in [9.17, 15) is 8.42 Å². The molecule has 0 radical (unpaired) electrons. The molecule has 1 atom stereocenters. The van der Waals surface area contributed by atoms with Crippen LogP contribution in [0.3, 0.4) is 0 Å². The van der Waals surface area contributed by atoms with Crippen LogP contribution >= 0.6 is 0 Å². The maximum absolute atomic E-state index is 12.0. The van der Waals surface area contributed by atoms with Gasteiger partial charge in [-0.3, -0.25) is 0 Å². The van der Waals surface area contributed by atoms with Crippen molar-refractivity contribution in [1.82, 2.24) is 4.72 Å². The molecule has 1 rings (SSSR count). The maximum Gasteiger partial charge on any atom is 0.250 e. The summed E-state index contributed by atoms with van der Waals surface area (Å²) in [5, 5.41) is 26.9. The molecule has 0 heterocycles. The lowest BCUT2D eigenvalue weighted by Gasteiger charge is -2.12. The molecule has 0 fully saturated rings. The normalized spacial score (nSPS) is 13.5. The van der Waals surface area contributed by atoms with Gasteiger partial charge in [0.05, 0.1) is 12.7 Å². The van der Waals surface area contributed by atoms with Crippen LogP contribution in [-0.2, 0) is 10.0 Å². The van der Waals surface area contributed by atoms with Gasteiger partial charge in [0.15, 0.2) is 4.91 Å². The number of aliphatic hydroxyl groups is 2. The number of nitriles is 1. The highest BCUT2D eigenvalue weighted by molar-refractivity contribution is 7.93. The van der Waals surface area contributed by atoms with Gasteiger partial charge in [0.25, 0.3) is 10.0 Å². The zero-order valence-corrected chi connectivity index (χ0v) is 13.2. The van der Waals surface area contributed by atoms with Crippen molar-refractivity contribution in [3.8, 4) is 6.07 Å². The number of sulfonamides is 1. The second kappa shape index (κ2) is 7.91. The minimum absolute atomic E-state index is 0.364. The fourth-order valence-electron chi connectivity index (χ4n) is 1.54. The quantitative estimate of drug-likeness (QED) is 0.603. The summed E-state index contributed by atoms with van der Waals surface area (Å²) >= 11 is 0. The summed E-state index contributed by atoms with van der Waals surface area (Å²) in [7, 11) is -0.271. The molecule has 1 aromatic rings. The predicted octanol–water partition coefficient (Wildman–Crippen LogP) is -0.110. The lowest BCUT2D eigenvalue weighted by molar-refractivity contribution is 0.0989. The second-order valence-electron chi connectivity index (χ2n) is 4.79. The molecule has 120 valence electrons. The van der Waals surface area contributed by atoms with Gasteiger partial charge in [0.1, 0.15) is 6.07 Å². The van der Waals surface area contributed by atoms with Gasteiger partial charge >= 0.3 is 0 Å². The Morgan fingerprint density at radius 1 is 1.41 bits per heavy atom. The molecule has 0 amide bonds. The fraction of sp³-hybridized carbons (Fsp3) is 0.357. The van der Waals surface area contributed by atoms with Crippen molar-refractivity contribution in [1.29, 1.82) is 5.26 Å². The topological polar surface area (TPSA) is 114 Å². The smallest absolute Gasteiger partial charge is 0.250 e. The van der Waals surface area contributed by atoms with E-state index in [0.29, 0.717) is 5.56 Å². The number of aliphatic hydroxyl groups excluding tert-OH is 2. The van der Waals surface area contributed by atoms with Crippen LogP contribution in [0, 0.1) is 11.3 Å². The van der Waals surface area contributed by atoms with E-state index in [1.165, 1.54) is 6.08 Å². The molecule has 0 saturated heterocycles. The number of benzene rings is 1. The molecule has 0 spiro atoms. The highest BCUT2D eigenvalue weighted by Crippen LogP contribution is 2.16. The molecule has 1 unspecified atom stereocenters. The van der Waals surface area contributed by atoms with E-state index in [0.717, 1.165) is 5.69 Å². The zero-order valence-electron chi connectivity index (χ0n) is 12.4. The molecule has 0 aromatic heterocycles. The molecule has 0 aliphatic rings. The average molecular weight is 325 g/mol. The van der Waals surface area contributed by atoms with Crippen LogP contribution in [-0.4, -0.2) is 52.0 Å². The van der Waals surface area contributed by atoms with Crippen molar-refractivity contribution in [2.75, 3.05) is 32.1 Å². The molecule has 3 N–H and O–H groups in total. The van der Waals surface area contributed by atoms with Crippen LogP contribution in [0.25, 0.3) is 6.08 Å². The number of nitrogens with zero attached hydrogens (tertiary/aromatic N) is 2. The SMILES string of the molecule is CN(C)c1ccc(/C=C(\C#N)S(=O)(=O)NCC(O)CO)cc1. The summed E-state index contributed by atoms with van der Waals surface area (Å²) in [6.45, 7) is -0.933. The highest BCUT2D eigenvalue weighted by atomic mass is 32.2. The Labute approximate surface area is 130 Å². The maximum atomic E-state index is 12.0. The predicted molar refractivity (Wildman–Crippen MR) is 84.4 cm³/mol. The summed E-state index contributed by atoms with van der Waals surface area (Å²) in [5.74, 6) is 0. The number of nitrogens with one attached hydrogen (secondary N) is 1. The molecule has 8 heteroatoms. The van der Waals surface area contributed by atoms with Crippen LogP contribution in [0.4, 0.5) is 5.69 Å². The first-order chi connectivity index (χ1) is 10.3. The molecule has 0 aliphatic heterocycles. The largest absolute Gasteiger partial charge is 0.394 e. The van der Waals surface area contributed by atoms with Crippen molar-refractivity contribution >= 4 is 21.8 Å². The van der Waals surface area contributed by atoms with Gasteiger partial charge < -0.3 is 15.1 Å². The van der Waals surface area contributed by atoms with Crippen molar-refractivity contribution in [3.63, 3.8) is 0 Å². The molecular weight excluding hydrogens is 306 g/mol. The molecule has 0 saturated carbocycles. The Kier molecular flexibility index (Phi) is 6.52. The van der Waals surface area contributed by atoms with Crippen LogP contribution in [0.1, 0.15) is 5.56 Å². The standard InChI is InChI=1S/C14H19N3O4S/c1-17(2)12-5-3-11(4-6-12)7-14(8-15)22(20,21)16-9-13(19)10-18/h3-7,13,16,18-19H,9-10H2,1-2H3/b14-7+. The third-order valence-corrected chi connectivity index (χ3v) is 4.16. The average Bonchev–Trinajstić information content (AvgIpc) is 2.50. The summed E-state index contributed by atoms with van der Waals surface area (Å²) in [6.07, 6.45) is 0.0294. The van der Waals surface area contributed by atoms with Crippen molar-refractivity contribution in [3.05, 3.63) is 34.7 Å². The molecule has 1 aromatic carbocycles. The van der Waals surface area contributed by atoms with Gasteiger partial charge in [-0.25, -0.2) is 13.1 Å². The molecule has 0 aliphatic carbocycles. The van der Waals surface area contributed by atoms with Crippen molar-refractivity contribution in [2.45, 2.75) is 6.10 Å². The van der Waals surface area contributed by atoms with E-state index in [-0.39, 0.29) is 6.54 Å². The van der Waals surface area contributed by atoms with E-state index in [1.807, 2.05) is 19.0 Å². The summed E-state index contributed by atoms with van der Waals surface area (Å²) < 4.78 is 26.0. The molecule has 7 nitrogen and oxygen atoms in total. The minimum atomic E-state index is -4.03. The number of hydrogen-bond donors (Lipinski definition) is 3.